The van der Waals surface area contributed by atoms with E-state index in [1.165, 1.54) is 11.1 Å². The molecule has 0 aromatic rings. The van der Waals surface area contributed by atoms with Crippen molar-refractivity contribution < 1.29 is 15.3 Å². The summed E-state index contributed by atoms with van der Waals surface area (Å²) in [5.41, 5.74) is 1.91. The monoisotopic (exact) mass is 332 g/mol. The molecule has 4 rings (SSSR count). The van der Waals surface area contributed by atoms with Gasteiger partial charge in [0.1, 0.15) is 0 Å². The molecular weight excluding hydrogens is 300 g/mol. The van der Waals surface area contributed by atoms with E-state index in [1.54, 1.807) is 6.92 Å². The lowest BCUT2D eigenvalue weighted by Gasteiger charge is -2.56. The highest BCUT2D eigenvalue weighted by atomic mass is 16.3. The highest BCUT2D eigenvalue weighted by Gasteiger charge is 2.63. The molecule has 24 heavy (non-hydrogen) atoms. The van der Waals surface area contributed by atoms with Gasteiger partial charge in [-0.2, -0.15) is 0 Å². The van der Waals surface area contributed by atoms with Crippen LogP contribution >= 0.6 is 0 Å². The molecule has 3 saturated carbocycles. The van der Waals surface area contributed by atoms with Crippen molar-refractivity contribution in [2.75, 3.05) is 0 Å². The third-order valence-electron chi connectivity index (χ3n) is 8.45. The van der Waals surface area contributed by atoms with Gasteiger partial charge in [-0.3, -0.25) is 0 Å². The van der Waals surface area contributed by atoms with Gasteiger partial charge >= 0.3 is 0 Å². The quantitative estimate of drug-likeness (QED) is 0.690. The lowest BCUT2D eigenvalue weighted by Crippen LogP contribution is -2.56. The number of aliphatic hydroxyl groups is 3. The van der Waals surface area contributed by atoms with Crippen molar-refractivity contribution in [3.05, 3.63) is 23.3 Å². The van der Waals surface area contributed by atoms with Crippen LogP contribution in [0.1, 0.15) is 65.7 Å². The van der Waals surface area contributed by atoms with E-state index in [2.05, 4.69) is 26.0 Å². The molecule has 3 nitrogen and oxygen atoms in total. The van der Waals surface area contributed by atoms with Crippen LogP contribution < -0.4 is 0 Å². The van der Waals surface area contributed by atoms with Crippen LogP contribution in [-0.4, -0.2) is 33.1 Å². The summed E-state index contributed by atoms with van der Waals surface area (Å²) in [6.07, 6.45) is 10.2. The van der Waals surface area contributed by atoms with Gasteiger partial charge in [-0.1, -0.05) is 37.1 Å². The van der Waals surface area contributed by atoms with Gasteiger partial charge in [-0.05, 0) is 69.1 Å². The van der Waals surface area contributed by atoms with Crippen molar-refractivity contribution in [3.8, 4) is 0 Å². The van der Waals surface area contributed by atoms with Gasteiger partial charge in [0.25, 0.3) is 0 Å². The second kappa shape index (κ2) is 5.18. The Balaban J connectivity index is 1.74. The molecule has 7 atom stereocenters. The van der Waals surface area contributed by atoms with E-state index >= 15 is 0 Å². The van der Waals surface area contributed by atoms with Gasteiger partial charge in [-0.25, -0.2) is 0 Å². The Hall–Kier alpha value is -0.640. The Kier molecular flexibility index (Phi) is 3.63. The van der Waals surface area contributed by atoms with E-state index in [1.807, 2.05) is 0 Å². The van der Waals surface area contributed by atoms with E-state index in [4.69, 9.17) is 0 Å². The molecule has 0 heterocycles. The van der Waals surface area contributed by atoms with Crippen molar-refractivity contribution in [2.45, 2.75) is 83.5 Å². The van der Waals surface area contributed by atoms with Crippen LogP contribution in [-0.2, 0) is 0 Å². The minimum absolute atomic E-state index is 0.177. The van der Waals surface area contributed by atoms with Crippen LogP contribution in [0.25, 0.3) is 0 Å². The van der Waals surface area contributed by atoms with Crippen molar-refractivity contribution in [1.29, 1.82) is 0 Å². The first-order valence-electron chi connectivity index (χ1n) is 9.72. The molecule has 4 aliphatic carbocycles. The van der Waals surface area contributed by atoms with Crippen molar-refractivity contribution in [3.63, 3.8) is 0 Å². The zero-order chi connectivity index (χ0) is 17.3. The van der Waals surface area contributed by atoms with Crippen LogP contribution in [0.4, 0.5) is 0 Å². The normalized spacial score (nSPS) is 51.8. The topological polar surface area (TPSA) is 60.7 Å². The summed E-state index contributed by atoms with van der Waals surface area (Å²) in [7, 11) is 0. The van der Waals surface area contributed by atoms with Crippen LogP contribution in [0.3, 0.4) is 0 Å². The lowest BCUT2D eigenvalue weighted by atomic mass is 9.49. The van der Waals surface area contributed by atoms with Gasteiger partial charge in [0, 0.05) is 5.41 Å². The van der Waals surface area contributed by atoms with Crippen molar-refractivity contribution in [2.24, 2.45) is 22.7 Å². The van der Waals surface area contributed by atoms with Gasteiger partial charge in [0.05, 0.1) is 17.8 Å². The summed E-state index contributed by atoms with van der Waals surface area (Å²) >= 11 is 0. The molecule has 3 fully saturated rings. The predicted molar refractivity (Wildman–Crippen MR) is 94.3 cm³/mol. The van der Waals surface area contributed by atoms with Crippen molar-refractivity contribution in [1.82, 2.24) is 0 Å². The third-order valence-corrected chi connectivity index (χ3v) is 8.45. The molecule has 4 aliphatic rings. The van der Waals surface area contributed by atoms with Gasteiger partial charge in [-0.15, -0.1) is 0 Å². The van der Waals surface area contributed by atoms with E-state index < -0.39 is 11.7 Å². The molecule has 5 unspecified atom stereocenters. The highest BCUT2D eigenvalue weighted by molar-refractivity contribution is 5.39. The fourth-order valence-electron chi connectivity index (χ4n) is 6.72. The molecule has 0 radical (unpaired) electrons. The Morgan fingerprint density at radius 2 is 1.75 bits per heavy atom. The maximum absolute atomic E-state index is 11.2. The molecule has 0 aromatic heterocycles. The summed E-state index contributed by atoms with van der Waals surface area (Å²) in [5, 5.41) is 31.5. The summed E-state index contributed by atoms with van der Waals surface area (Å²) in [4.78, 5) is 0. The minimum atomic E-state index is -0.961. The molecule has 0 aliphatic heterocycles. The Morgan fingerprint density at radius 3 is 2.46 bits per heavy atom. The van der Waals surface area contributed by atoms with E-state index in [0.29, 0.717) is 18.3 Å². The first kappa shape index (κ1) is 16.8. The van der Waals surface area contributed by atoms with Crippen molar-refractivity contribution >= 4 is 0 Å². The Labute approximate surface area is 145 Å². The first-order chi connectivity index (χ1) is 11.2. The molecule has 3 heteroatoms. The molecular formula is C21H32O3. The van der Waals surface area contributed by atoms with E-state index in [9.17, 15) is 15.3 Å². The molecule has 0 amide bonds. The van der Waals surface area contributed by atoms with Crippen LogP contribution in [0.2, 0.25) is 0 Å². The van der Waals surface area contributed by atoms with Crippen LogP contribution in [0.15, 0.2) is 23.3 Å². The van der Waals surface area contributed by atoms with Gasteiger partial charge < -0.3 is 15.3 Å². The average Bonchev–Trinajstić information content (AvgIpc) is 2.81. The van der Waals surface area contributed by atoms with Crippen LogP contribution in [0.5, 0.6) is 0 Å². The molecule has 0 spiro atoms. The van der Waals surface area contributed by atoms with E-state index in [-0.39, 0.29) is 16.9 Å². The largest absolute Gasteiger partial charge is 0.393 e. The molecule has 0 bridgehead atoms. The highest BCUT2D eigenvalue weighted by Crippen LogP contribution is 2.66. The first-order valence-corrected chi connectivity index (χ1v) is 9.72. The second-order valence-electron chi connectivity index (χ2n) is 9.37. The number of hydrogen-bond acceptors (Lipinski definition) is 3. The van der Waals surface area contributed by atoms with Gasteiger partial charge in [0.15, 0.2) is 0 Å². The summed E-state index contributed by atoms with van der Waals surface area (Å²) in [6, 6.07) is 0. The molecule has 3 N–H and O–H groups in total. The number of rotatable bonds is 1. The molecule has 134 valence electrons. The minimum Gasteiger partial charge on any atom is -0.393 e. The average molecular weight is 332 g/mol. The van der Waals surface area contributed by atoms with E-state index in [0.717, 1.165) is 38.5 Å². The third kappa shape index (κ3) is 1.95. The lowest BCUT2D eigenvalue weighted by molar-refractivity contribution is -0.148. The zero-order valence-corrected chi connectivity index (χ0v) is 15.3. The predicted octanol–water partition coefficient (Wildman–Crippen LogP) is 3.34. The fraction of sp³-hybridized carbons (Fsp3) is 0.810. The summed E-state index contributed by atoms with van der Waals surface area (Å²) < 4.78 is 0. The standard InChI is InChI=1S/C21H32O3/c1-13(22)21(24)11-8-18-16-5-4-14-12-15(23)6-9-19(14,2)17(16)7-10-20(18,21)3/h4-5,13,15,17-18,22-24H,6-12H2,1-3H3/t13-,15?,17?,18?,19?,20?,21-/m0/s1. The van der Waals surface area contributed by atoms with Gasteiger partial charge in [0.2, 0.25) is 0 Å². The Bertz CT molecular complexity index is 606. The number of allylic oxidation sites excluding steroid dienone is 3. The summed E-state index contributed by atoms with van der Waals surface area (Å²) in [5.74, 6) is 0.914. The second-order valence-corrected chi connectivity index (χ2v) is 9.37. The number of aliphatic hydroxyl groups excluding tert-OH is 2. The van der Waals surface area contributed by atoms with Crippen LogP contribution in [0, 0.1) is 22.7 Å². The number of fused-ring (bicyclic) bond motifs is 5. The summed E-state index contributed by atoms with van der Waals surface area (Å²) in [6.45, 7) is 6.33. The SMILES string of the molecule is C[C@H](O)[C@@]1(O)CCC2C3=CC=C4CC(O)CCC4(C)C3CCC21C. The fourth-order valence-corrected chi connectivity index (χ4v) is 6.72. The Morgan fingerprint density at radius 1 is 1.04 bits per heavy atom. The molecule has 0 aromatic carbocycles. The maximum Gasteiger partial charge on any atom is 0.0961 e. The zero-order valence-electron chi connectivity index (χ0n) is 15.3. The molecule has 0 saturated heterocycles. The maximum atomic E-state index is 11.2. The number of hydrogen-bond donors (Lipinski definition) is 3. The smallest absolute Gasteiger partial charge is 0.0961 e.